The number of hydrogen-bond donors (Lipinski definition) is 0. The SMILES string of the molecule is c1ccc(-c2nc(-c3ccccc3)nc(-c3ccc(-c4cccc5oc6c(-c7ccc(N(c8ccccc8)c8ccccc8)cc7)cccc6c45)c4ccccc34)n2)cc1. The molecule has 2 heterocycles. The van der Waals surface area contributed by atoms with E-state index in [-0.39, 0.29) is 0 Å². The van der Waals surface area contributed by atoms with Gasteiger partial charge in [-0.25, -0.2) is 15.0 Å². The van der Waals surface area contributed by atoms with Gasteiger partial charge in [0.2, 0.25) is 0 Å². The summed E-state index contributed by atoms with van der Waals surface area (Å²) in [6.45, 7) is 0. The minimum Gasteiger partial charge on any atom is -0.455 e. The van der Waals surface area contributed by atoms with Crippen LogP contribution < -0.4 is 4.90 Å². The first-order chi connectivity index (χ1) is 29.8. The first kappa shape index (κ1) is 35.0. The molecule has 11 rings (SSSR count). The Morgan fingerprint density at radius 3 is 1.38 bits per heavy atom. The van der Waals surface area contributed by atoms with E-state index in [0.29, 0.717) is 17.5 Å². The highest BCUT2D eigenvalue weighted by molar-refractivity contribution is 6.18. The van der Waals surface area contributed by atoms with Gasteiger partial charge in [-0.05, 0) is 76.0 Å². The van der Waals surface area contributed by atoms with Crippen molar-refractivity contribution in [1.82, 2.24) is 15.0 Å². The van der Waals surface area contributed by atoms with Crippen LogP contribution in [0, 0.1) is 0 Å². The summed E-state index contributed by atoms with van der Waals surface area (Å²) in [6.07, 6.45) is 0. The molecule has 0 spiro atoms. The Bertz CT molecular complexity index is 3200. The fourth-order valence-corrected chi connectivity index (χ4v) is 8.35. The Hall–Kier alpha value is -8.15. The van der Waals surface area contributed by atoms with Gasteiger partial charge in [0.15, 0.2) is 17.5 Å². The molecule has 0 fully saturated rings. The summed E-state index contributed by atoms with van der Waals surface area (Å²) in [7, 11) is 0. The largest absolute Gasteiger partial charge is 0.455 e. The molecule has 0 aliphatic heterocycles. The molecular weight excluding hydrogens is 733 g/mol. The summed E-state index contributed by atoms with van der Waals surface area (Å²) in [5, 5.41) is 4.32. The molecule has 2 aromatic heterocycles. The molecule has 60 heavy (non-hydrogen) atoms. The van der Waals surface area contributed by atoms with Crippen LogP contribution in [-0.4, -0.2) is 15.0 Å². The van der Waals surface area contributed by atoms with Crippen LogP contribution >= 0.6 is 0 Å². The van der Waals surface area contributed by atoms with Gasteiger partial charge in [0.25, 0.3) is 0 Å². The maximum absolute atomic E-state index is 6.79. The molecule has 0 saturated heterocycles. The fourth-order valence-electron chi connectivity index (χ4n) is 8.35. The van der Waals surface area contributed by atoms with Crippen LogP contribution in [0.25, 0.3) is 89.1 Å². The molecule has 0 aliphatic carbocycles. The Morgan fingerprint density at radius 1 is 0.300 bits per heavy atom. The van der Waals surface area contributed by atoms with Crippen molar-refractivity contribution < 1.29 is 4.42 Å². The zero-order valence-corrected chi connectivity index (χ0v) is 32.5. The average molecular weight is 769 g/mol. The lowest BCUT2D eigenvalue weighted by atomic mass is 9.92. The van der Waals surface area contributed by atoms with Crippen molar-refractivity contribution in [3.8, 4) is 56.4 Å². The third kappa shape index (κ3) is 6.26. The van der Waals surface area contributed by atoms with E-state index in [9.17, 15) is 0 Å². The number of furan rings is 1. The number of hydrogen-bond acceptors (Lipinski definition) is 5. The second kappa shape index (κ2) is 15.0. The van der Waals surface area contributed by atoms with Crippen molar-refractivity contribution in [1.29, 1.82) is 0 Å². The van der Waals surface area contributed by atoms with E-state index in [2.05, 4.69) is 150 Å². The summed E-state index contributed by atoms with van der Waals surface area (Å²) in [5.74, 6) is 1.90. The van der Waals surface area contributed by atoms with E-state index in [1.54, 1.807) is 0 Å². The minimum atomic E-state index is 0.628. The van der Waals surface area contributed by atoms with E-state index in [0.717, 1.165) is 88.7 Å². The molecule has 11 aromatic rings. The molecule has 282 valence electrons. The minimum absolute atomic E-state index is 0.628. The van der Waals surface area contributed by atoms with Gasteiger partial charge in [-0.3, -0.25) is 0 Å². The van der Waals surface area contributed by atoms with E-state index < -0.39 is 0 Å². The van der Waals surface area contributed by atoms with Gasteiger partial charge in [-0.1, -0.05) is 170 Å². The number of aromatic nitrogens is 3. The topological polar surface area (TPSA) is 55.1 Å². The summed E-state index contributed by atoms with van der Waals surface area (Å²) in [6, 6.07) is 75.6. The second-order valence-electron chi connectivity index (χ2n) is 14.8. The molecule has 0 saturated carbocycles. The van der Waals surface area contributed by atoms with Gasteiger partial charge in [0.1, 0.15) is 11.2 Å². The highest BCUT2D eigenvalue weighted by Gasteiger charge is 2.20. The highest BCUT2D eigenvalue weighted by Crippen LogP contribution is 2.44. The number of rotatable bonds is 8. The van der Waals surface area contributed by atoms with E-state index >= 15 is 0 Å². The molecule has 0 unspecified atom stereocenters. The van der Waals surface area contributed by atoms with Gasteiger partial charge in [0.05, 0.1) is 0 Å². The van der Waals surface area contributed by atoms with E-state index in [1.165, 1.54) is 0 Å². The summed E-state index contributed by atoms with van der Waals surface area (Å²) in [5.41, 5.74) is 12.2. The average Bonchev–Trinajstić information content (AvgIpc) is 3.72. The van der Waals surface area contributed by atoms with Crippen LogP contribution in [0.2, 0.25) is 0 Å². The molecule has 5 nitrogen and oxygen atoms in total. The molecule has 9 aromatic carbocycles. The van der Waals surface area contributed by atoms with E-state index in [4.69, 9.17) is 19.4 Å². The van der Waals surface area contributed by atoms with Gasteiger partial charge in [0, 0.05) is 50.1 Å². The molecule has 0 N–H and O–H groups in total. The maximum Gasteiger partial charge on any atom is 0.164 e. The lowest BCUT2D eigenvalue weighted by Gasteiger charge is -2.25. The fraction of sp³-hybridized carbons (Fsp3) is 0. The molecule has 5 heteroatoms. The van der Waals surface area contributed by atoms with Crippen molar-refractivity contribution in [3.63, 3.8) is 0 Å². The first-order valence-corrected chi connectivity index (χ1v) is 20.1. The monoisotopic (exact) mass is 768 g/mol. The number of fused-ring (bicyclic) bond motifs is 4. The standard InChI is InChI=1S/C55H36N4O/c1-5-17-38(18-6-1)53-56-54(39-19-7-2-8-20-39)58-55(57-53)48-36-35-46(44-25-13-14-26-45(44)48)47-28-16-30-50-51(47)49-29-15-27-43(52(49)60-50)37-31-33-42(34-32-37)59(40-21-9-3-10-22-40)41-23-11-4-12-24-41/h1-36H. The van der Waals surface area contributed by atoms with Gasteiger partial charge >= 0.3 is 0 Å². The van der Waals surface area contributed by atoms with Crippen LogP contribution in [-0.2, 0) is 0 Å². The van der Waals surface area contributed by atoms with Crippen LogP contribution in [0.5, 0.6) is 0 Å². The van der Waals surface area contributed by atoms with Crippen molar-refractivity contribution in [2.24, 2.45) is 0 Å². The third-order valence-corrected chi connectivity index (χ3v) is 11.1. The molecular formula is C55H36N4O. The summed E-state index contributed by atoms with van der Waals surface area (Å²) < 4.78 is 6.79. The third-order valence-electron chi connectivity index (χ3n) is 11.1. The number of nitrogens with zero attached hydrogens (tertiary/aromatic N) is 4. The lowest BCUT2D eigenvalue weighted by Crippen LogP contribution is -2.09. The first-order valence-electron chi connectivity index (χ1n) is 20.1. The smallest absolute Gasteiger partial charge is 0.164 e. The lowest BCUT2D eigenvalue weighted by molar-refractivity contribution is 0.670. The second-order valence-corrected chi connectivity index (χ2v) is 14.8. The quantitative estimate of drug-likeness (QED) is 0.154. The number of benzene rings is 9. The maximum atomic E-state index is 6.79. The van der Waals surface area contributed by atoms with Crippen molar-refractivity contribution in [3.05, 3.63) is 218 Å². The Kier molecular flexibility index (Phi) is 8.75. The van der Waals surface area contributed by atoms with Gasteiger partial charge in [-0.2, -0.15) is 0 Å². The van der Waals surface area contributed by atoms with Gasteiger partial charge < -0.3 is 9.32 Å². The molecule has 0 bridgehead atoms. The molecule has 0 atom stereocenters. The van der Waals surface area contributed by atoms with Crippen LogP contribution in [0.4, 0.5) is 17.1 Å². The normalized spacial score (nSPS) is 11.3. The van der Waals surface area contributed by atoms with E-state index in [1.807, 2.05) is 72.8 Å². The van der Waals surface area contributed by atoms with Crippen LogP contribution in [0.15, 0.2) is 223 Å². The Morgan fingerprint density at radius 2 is 0.767 bits per heavy atom. The predicted octanol–water partition coefficient (Wildman–Crippen LogP) is 14.7. The highest BCUT2D eigenvalue weighted by atomic mass is 16.3. The number of para-hydroxylation sites is 3. The Balaban J connectivity index is 1.02. The Labute approximate surface area is 347 Å². The molecule has 0 aliphatic rings. The number of anilines is 3. The van der Waals surface area contributed by atoms with Crippen molar-refractivity contribution >= 4 is 49.8 Å². The zero-order chi connectivity index (χ0) is 39.8. The summed E-state index contributed by atoms with van der Waals surface area (Å²) in [4.78, 5) is 17.4. The van der Waals surface area contributed by atoms with Crippen LogP contribution in [0.3, 0.4) is 0 Å². The zero-order valence-electron chi connectivity index (χ0n) is 32.5. The summed E-state index contributed by atoms with van der Waals surface area (Å²) >= 11 is 0. The molecule has 0 radical (unpaired) electrons. The van der Waals surface area contributed by atoms with Crippen LogP contribution in [0.1, 0.15) is 0 Å². The van der Waals surface area contributed by atoms with Gasteiger partial charge in [-0.15, -0.1) is 0 Å². The molecule has 0 amide bonds. The predicted molar refractivity (Wildman–Crippen MR) is 246 cm³/mol. The van der Waals surface area contributed by atoms with Crippen molar-refractivity contribution in [2.75, 3.05) is 4.90 Å². The van der Waals surface area contributed by atoms with Crippen molar-refractivity contribution in [2.45, 2.75) is 0 Å².